The van der Waals surface area contributed by atoms with Crippen molar-refractivity contribution in [3.8, 4) is 0 Å². The van der Waals surface area contributed by atoms with E-state index in [2.05, 4.69) is 39.3 Å². The van der Waals surface area contributed by atoms with Crippen LogP contribution in [0.1, 0.15) is 0 Å². The first-order valence-corrected chi connectivity index (χ1v) is 15.0. The van der Waals surface area contributed by atoms with Crippen molar-refractivity contribution in [3.63, 3.8) is 0 Å². The third-order valence-electron chi connectivity index (χ3n) is 1.17. The van der Waals surface area contributed by atoms with Gasteiger partial charge in [-0.15, -0.1) is 0 Å². The molecule has 7 heteroatoms. The molecule has 3 nitrogen and oxygen atoms in total. The molecule has 83 valence electrons. The van der Waals surface area contributed by atoms with Crippen molar-refractivity contribution < 1.29 is 49.1 Å². The number of hydrogen-bond donors (Lipinski definition) is 0. The first-order valence-electron chi connectivity index (χ1n) is 4.72. The van der Waals surface area contributed by atoms with Gasteiger partial charge in [0.2, 0.25) is 0 Å². The molecule has 0 aliphatic rings. The maximum absolute atomic E-state index is 6.05. The summed E-state index contributed by atoms with van der Waals surface area (Å²) in [6, 6.07) is 0. The standard InChI is InChI=1S/C7H21O3Si3.Ce/c1-11(2,3)9-13(7,8)10-12(4,5)6;/h1-7H3;/q-1;+1. The fourth-order valence-corrected chi connectivity index (χ4v) is 13.3. The van der Waals surface area contributed by atoms with Crippen LogP contribution in [0.3, 0.4) is 0 Å². The van der Waals surface area contributed by atoms with Crippen molar-refractivity contribution in [1.82, 2.24) is 0 Å². The van der Waals surface area contributed by atoms with Crippen LogP contribution in [0.25, 0.3) is 0 Å². The average molecular weight is 378 g/mol. The molecule has 0 saturated heterocycles. The predicted molar refractivity (Wildman–Crippen MR) is 61.6 cm³/mol. The van der Waals surface area contributed by atoms with Crippen molar-refractivity contribution in [2.24, 2.45) is 0 Å². The molecule has 0 aliphatic carbocycles. The monoisotopic (exact) mass is 377 g/mol. The van der Waals surface area contributed by atoms with Crippen molar-refractivity contribution >= 4 is 25.4 Å². The Bertz CT molecular complexity index is 172. The number of rotatable bonds is 5. The third-order valence-corrected chi connectivity index (χ3v) is 12.9. The van der Waals surface area contributed by atoms with Gasteiger partial charge in [0.15, 0.2) is 0 Å². The van der Waals surface area contributed by atoms with Gasteiger partial charge >= 0.3 is 120 Å². The van der Waals surface area contributed by atoms with Gasteiger partial charge in [0, 0.05) is 0 Å². The first-order chi connectivity index (χ1) is 5.97. The van der Waals surface area contributed by atoms with Crippen LogP contribution in [-0.4, -0.2) is 25.4 Å². The quantitative estimate of drug-likeness (QED) is 0.690. The van der Waals surface area contributed by atoms with Gasteiger partial charge in [-0.25, -0.2) is 0 Å². The van der Waals surface area contributed by atoms with E-state index < -0.39 is 25.4 Å². The van der Waals surface area contributed by atoms with Gasteiger partial charge in [-0.3, -0.25) is 0 Å². The zero-order chi connectivity index (χ0) is 11.6. The molecule has 0 N–H and O–H groups in total. The zero-order valence-corrected chi connectivity index (χ0v) is 16.4. The van der Waals surface area contributed by atoms with E-state index in [0.29, 0.717) is 40.2 Å². The predicted octanol–water partition coefficient (Wildman–Crippen LogP) is 2.74. The van der Waals surface area contributed by atoms with E-state index in [9.17, 15) is 0 Å². The molecule has 0 rings (SSSR count). The molecule has 14 heavy (non-hydrogen) atoms. The Morgan fingerprint density at radius 3 is 1.14 bits per heavy atom. The Hall–Kier alpha value is 1.91. The van der Waals surface area contributed by atoms with E-state index in [0.717, 1.165) is 0 Å². The minimum atomic E-state index is -2.31. The Morgan fingerprint density at radius 2 is 1.00 bits per heavy atom. The fraction of sp³-hybridized carbons (Fsp3) is 1.00. The molecule has 0 saturated carbocycles. The Labute approximate surface area is 119 Å². The molecular weight excluding hydrogens is 356 g/mol. The van der Waals surface area contributed by atoms with Gasteiger partial charge in [0.1, 0.15) is 0 Å². The molecule has 0 aromatic rings. The summed E-state index contributed by atoms with van der Waals surface area (Å²) in [5, 5.41) is 0. The van der Waals surface area contributed by atoms with Crippen LogP contribution >= 0.6 is 0 Å². The van der Waals surface area contributed by atoms with Crippen molar-refractivity contribution in [3.05, 3.63) is 0 Å². The fourth-order valence-electron chi connectivity index (χ4n) is 1.17. The van der Waals surface area contributed by atoms with Crippen LogP contribution in [0.5, 0.6) is 0 Å². The Kier molecular flexibility index (Phi) is 6.24. The van der Waals surface area contributed by atoms with E-state index in [1.165, 1.54) is 0 Å². The van der Waals surface area contributed by atoms with E-state index in [1.807, 2.05) is 6.55 Å². The summed E-state index contributed by atoms with van der Waals surface area (Å²) in [6.45, 7) is 15.1. The maximum atomic E-state index is 6.05. The summed E-state index contributed by atoms with van der Waals surface area (Å²) in [5.74, 6) is 0. The average Bonchev–Trinajstić information content (AvgIpc) is 1.78. The van der Waals surface area contributed by atoms with Crippen LogP contribution in [0.4, 0.5) is 0 Å². The SMILES string of the molecule is C[Si](C)(C)O[Si](C)([O][Ce])O[Si](C)(C)C. The summed E-state index contributed by atoms with van der Waals surface area (Å²) < 4.78 is 17.7. The Balaban J connectivity index is 4.49. The summed E-state index contributed by atoms with van der Waals surface area (Å²) in [6.07, 6.45) is 0. The number of hydrogen-bond acceptors (Lipinski definition) is 3. The van der Waals surface area contributed by atoms with E-state index >= 15 is 0 Å². The molecule has 0 amide bonds. The first kappa shape index (κ1) is 15.9. The van der Waals surface area contributed by atoms with E-state index in [1.54, 1.807) is 0 Å². The Morgan fingerprint density at radius 1 is 0.714 bits per heavy atom. The van der Waals surface area contributed by atoms with E-state index in [4.69, 9.17) is 8.87 Å². The molecule has 0 unspecified atom stereocenters. The van der Waals surface area contributed by atoms with Gasteiger partial charge in [-0.1, -0.05) is 0 Å². The molecule has 0 spiro atoms. The molecule has 0 aromatic heterocycles. The van der Waals surface area contributed by atoms with E-state index in [-0.39, 0.29) is 0 Å². The van der Waals surface area contributed by atoms with Gasteiger partial charge < -0.3 is 0 Å². The van der Waals surface area contributed by atoms with Crippen LogP contribution in [0.2, 0.25) is 45.8 Å². The molecule has 0 fully saturated rings. The van der Waals surface area contributed by atoms with Gasteiger partial charge in [-0.05, 0) is 0 Å². The van der Waals surface area contributed by atoms with Crippen molar-refractivity contribution in [2.45, 2.75) is 45.8 Å². The van der Waals surface area contributed by atoms with Crippen LogP contribution in [-0.2, 0) is 8.87 Å². The molecule has 0 atom stereocenters. The third kappa shape index (κ3) is 8.11. The minimum absolute atomic E-state index is 0.690. The summed E-state index contributed by atoms with van der Waals surface area (Å²) in [5.41, 5.74) is 0. The van der Waals surface area contributed by atoms with Crippen LogP contribution in [0, 0.1) is 40.2 Å². The molecule has 0 aromatic carbocycles. The molecule has 0 radical (unpaired) electrons. The topological polar surface area (TPSA) is 27.7 Å². The van der Waals surface area contributed by atoms with Crippen LogP contribution in [0.15, 0.2) is 0 Å². The van der Waals surface area contributed by atoms with Gasteiger partial charge in [0.05, 0.1) is 0 Å². The van der Waals surface area contributed by atoms with Crippen LogP contribution < -0.4 is 0 Å². The molecule has 0 heterocycles. The summed E-state index contributed by atoms with van der Waals surface area (Å²) in [4.78, 5) is 0. The second-order valence-electron chi connectivity index (χ2n) is 5.39. The van der Waals surface area contributed by atoms with Gasteiger partial charge in [0.25, 0.3) is 0 Å². The molecule has 0 aliphatic heterocycles. The molecular formula is C7H21CeO3Si3. The summed E-state index contributed by atoms with van der Waals surface area (Å²) in [7, 11) is -5.42. The van der Waals surface area contributed by atoms with Gasteiger partial charge in [-0.2, -0.15) is 0 Å². The van der Waals surface area contributed by atoms with Crippen molar-refractivity contribution in [1.29, 1.82) is 0 Å². The summed E-state index contributed by atoms with van der Waals surface area (Å²) >= 11 is 0.690. The zero-order valence-electron chi connectivity index (χ0n) is 10.2. The normalized spacial score (nSPS) is 14.4. The second-order valence-corrected chi connectivity index (χ2v) is 19.3. The second kappa shape index (κ2) is 5.49. The molecule has 0 bridgehead atoms. The van der Waals surface area contributed by atoms with Crippen molar-refractivity contribution in [2.75, 3.05) is 0 Å².